The highest BCUT2D eigenvalue weighted by Gasteiger charge is 2.08. The Morgan fingerprint density at radius 1 is 1.12 bits per heavy atom. The Hall–Kier alpha value is -2.64. The van der Waals surface area contributed by atoms with Gasteiger partial charge in [-0.05, 0) is 35.9 Å². The van der Waals surface area contributed by atoms with Gasteiger partial charge in [0.05, 0.1) is 17.8 Å². The molecule has 2 amide bonds. The van der Waals surface area contributed by atoms with Crippen molar-refractivity contribution in [3.05, 3.63) is 63.9 Å². The Labute approximate surface area is 158 Å². The third-order valence-electron chi connectivity index (χ3n) is 2.97. The second kappa shape index (κ2) is 9.74. The summed E-state index contributed by atoms with van der Waals surface area (Å²) in [4.78, 5) is 23.2. The standard InChI is InChI=1S/C17H14Cl2FN3O3/c18-12-3-6-15(14(19)7-12)26-10-17(25)21-9-16(24)23-22-8-11-1-4-13(20)5-2-11/h1-8H,9-10H2,(H,21,25)(H,23,24)/b22-8+. The van der Waals surface area contributed by atoms with Crippen LogP contribution in [0.3, 0.4) is 0 Å². The van der Waals surface area contributed by atoms with Gasteiger partial charge in [-0.1, -0.05) is 35.3 Å². The van der Waals surface area contributed by atoms with Crippen LogP contribution < -0.4 is 15.5 Å². The van der Waals surface area contributed by atoms with E-state index in [9.17, 15) is 14.0 Å². The molecule has 0 aliphatic carbocycles. The Morgan fingerprint density at radius 3 is 2.54 bits per heavy atom. The minimum atomic E-state index is -0.527. The first-order chi connectivity index (χ1) is 12.4. The molecular formula is C17H14Cl2FN3O3. The van der Waals surface area contributed by atoms with Crippen LogP contribution in [0.2, 0.25) is 10.0 Å². The summed E-state index contributed by atoms with van der Waals surface area (Å²) < 4.78 is 18.0. The molecule has 2 aromatic rings. The monoisotopic (exact) mass is 397 g/mol. The van der Waals surface area contributed by atoms with Crippen LogP contribution in [0.15, 0.2) is 47.6 Å². The molecule has 2 aromatic carbocycles. The van der Waals surface area contributed by atoms with Crippen molar-refractivity contribution in [1.82, 2.24) is 10.7 Å². The SMILES string of the molecule is O=C(COc1ccc(Cl)cc1Cl)NCC(=O)N/N=C/c1ccc(F)cc1. The number of nitrogens with one attached hydrogen (secondary N) is 2. The largest absolute Gasteiger partial charge is 0.482 e. The summed E-state index contributed by atoms with van der Waals surface area (Å²) in [6.07, 6.45) is 1.35. The average Bonchev–Trinajstić information content (AvgIpc) is 2.61. The first kappa shape index (κ1) is 19.7. The molecule has 0 spiro atoms. The summed E-state index contributed by atoms with van der Waals surface area (Å²) in [5.41, 5.74) is 2.85. The van der Waals surface area contributed by atoms with E-state index in [4.69, 9.17) is 27.9 Å². The van der Waals surface area contributed by atoms with Crippen LogP contribution in [0.4, 0.5) is 4.39 Å². The van der Waals surface area contributed by atoms with Gasteiger partial charge in [0.2, 0.25) is 0 Å². The van der Waals surface area contributed by atoms with Crippen LogP contribution in [0.1, 0.15) is 5.56 Å². The lowest BCUT2D eigenvalue weighted by Crippen LogP contribution is -2.37. The lowest BCUT2D eigenvalue weighted by Gasteiger charge is -2.08. The van der Waals surface area contributed by atoms with Gasteiger partial charge < -0.3 is 10.1 Å². The predicted octanol–water partition coefficient (Wildman–Crippen LogP) is 2.78. The van der Waals surface area contributed by atoms with Gasteiger partial charge in [0.15, 0.2) is 6.61 Å². The molecule has 0 fully saturated rings. The van der Waals surface area contributed by atoms with Crippen molar-refractivity contribution in [3.63, 3.8) is 0 Å². The van der Waals surface area contributed by atoms with Crippen molar-refractivity contribution in [2.75, 3.05) is 13.2 Å². The number of rotatable bonds is 7. The van der Waals surface area contributed by atoms with Crippen LogP contribution in [0, 0.1) is 5.82 Å². The molecule has 0 bridgehead atoms. The summed E-state index contributed by atoms with van der Waals surface area (Å²) in [5.74, 6) is -1.09. The number of amides is 2. The quantitative estimate of drug-likeness (QED) is 0.556. The zero-order valence-corrected chi connectivity index (χ0v) is 14.9. The van der Waals surface area contributed by atoms with Gasteiger partial charge in [0.25, 0.3) is 11.8 Å². The highest BCUT2D eigenvalue weighted by molar-refractivity contribution is 6.35. The van der Waals surface area contributed by atoms with Gasteiger partial charge in [-0.25, -0.2) is 9.82 Å². The van der Waals surface area contributed by atoms with Gasteiger partial charge in [0.1, 0.15) is 11.6 Å². The number of halogens is 3. The molecule has 9 heteroatoms. The number of ether oxygens (including phenoxy) is 1. The molecule has 0 atom stereocenters. The van der Waals surface area contributed by atoms with Crippen LogP contribution in [-0.2, 0) is 9.59 Å². The summed E-state index contributed by atoms with van der Waals surface area (Å²) in [6, 6.07) is 10.2. The van der Waals surface area contributed by atoms with E-state index in [-0.39, 0.29) is 24.0 Å². The molecule has 0 unspecified atom stereocenters. The van der Waals surface area contributed by atoms with Crippen LogP contribution in [-0.4, -0.2) is 31.2 Å². The second-order valence-corrected chi connectivity index (χ2v) is 5.83. The second-order valence-electron chi connectivity index (χ2n) is 4.98. The van der Waals surface area contributed by atoms with Gasteiger partial charge in [-0.15, -0.1) is 0 Å². The predicted molar refractivity (Wildman–Crippen MR) is 97.1 cm³/mol. The topological polar surface area (TPSA) is 79.8 Å². The number of hydrazone groups is 1. The van der Waals surface area contributed by atoms with Crippen molar-refractivity contribution in [3.8, 4) is 5.75 Å². The number of nitrogens with zero attached hydrogens (tertiary/aromatic N) is 1. The Balaban J connectivity index is 1.69. The number of carbonyl (C=O) groups excluding carboxylic acids is 2. The van der Waals surface area contributed by atoms with E-state index in [0.717, 1.165) is 0 Å². The van der Waals surface area contributed by atoms with E-state index in [1.165, 1.54) is 42.6 Å². The van der Waals surface area contributed by atoms with Crippen LogP contribution in [0.5, 0.6) is 5.75 Å². The molecule has 0 aromatic heterocycles. The minimum Gasteiger partial charge on any atom is -0.482 e. The van der Waals surface area contributed by atoms with E-state index in [1.54, 1.807) is 6.07 Å². The Morgan fingerprint density at radius 2 is 1.85 bits per heavy atom. The molecule has 0 saturated carbocycles. The maximum atomic E-state index is 12.7. The first-order valence-electron chi connectivity index (χ1n) is 7.36. The van der Waals surface area contributed by atoms with E-state index in [0.29, 0.717) is 16.3 Å². The molecule has 0 radical (unpaired) electrons. The Kier molecular flexibility index (Phi) is 7.37. The minimum absolute atomic E-state index is 0.276. The molecule has 0 heterocycles. The van der Waals surface area contributed by atoms with E-state index in [2.05, 4.69) is 15.8 Å². The molecule has 0 saturated heterocycles. The third-order valence-corrected chi connectivity index (χ3v) is 3.50. The van der Waals surface area contributed by atoms with Crippen molar-refractivity contribution in [2.45, 2.75) is 0 Å². The van der Waals surface area contributed by atoms with Crippen molar-refractivity contribution >= 4 is 41.2 Å². The molecule has 0 aliphatic heterocycles. The van der Waals surface area contributed by atoms with E-state index < -0.39 is 11.8 Å². The number of carbonyl (C=O) groups is 2. The maximum Gasteiger partial charge on any atom is 0.259 e. The van der Waals surface area contributed by atoms with Crippen LogP contribution >= 0.6 is 23.2 Å². The van der Waals surface area contributed by atoms with Gasteiger partial charge in [-0.3, -0.25) is 9.59 Å². The molecule has 136 valence electrons. The maximum absolute atomic E-state index is 12.7. The fraction of sp³-hybridized carbons (Fsp3) is 0.118. The summed E-state index contributed by atoms with van der Waals surface area (Å²) >= 11 is 11.7. The number of hydrogen-bond donors (Lipinski definition) is 2. The normalized spacial score (nSPS) is 10.6. The first-order valence-corrected chi connectivity index (χ1v) is 8.11. The molecule has 0 aliphatic rings. The fourth-order valence-corrected chi connectivity index (χ4v) is 2.20. The number of hydrogen-bond acceptors (Lipinski definition) is 4. The van der Waals surface area contributed by atoms with Crippen LogP contribution in [0.25, 0.3) is 0 Å². The number of benzene rings is 2. The third kappa shape index (κ3) is 6.70. The molecular weight excluding hydrogens is 384 g/mol. The van der Waals surface area contributed by atoms with Gasteiger partial charge in [-0.2, -0.15) is 5.10 Å². The van der Waals surface area contributed by atoms with Crippen molar-refractivity contribution in [2.24, 2.45) is 5.10 Å². The zero-order valence-electron chi connectivity index (χ0n) is 13.3. The van der Waals surface area contributed by atoms with Crippen molar-refractivity contribution < 1.29 is 18.7 Å². The summed E-state index contributed by atoms with van der Waals surface area (Å²) in [7, 11) is 0. The smallest absolute Gasteiger partial charge is 0.259 e. The van der Waals surface area contributed by atoms with Crippen molar-refractivity contribution in [1.29, 1.82) is 0 Å². The van der Waals surface area contributed by atoms with Gasteiger partial charge in [0, 0.05) is 5.02 Å². The molecule has 2 rings (SSSR count). The average molecular weight is 398 g/mol. The summed E-state index contributed by atoms with van der Waals surface area (Å²) in [5, 5.41) is 6.80. The highest BCUT2D eigenvalue weighted by Crippen LogP contribution is 2.27. The summed E-state index contributed by atoms with van der Waals surface area (Å²) in [6.45, 7) is -0.592. The Bertz CT molecular complexity index is 813. The lowest BCUT2D eigenvalue weighted by atomic mass is 10.2. The molecule has 2 N–H and O–H groups in total. The molecule has 26 heavy (non-hydrogen) atoms. The fourth-order valence-electron chi connectivity index (χ4n) is 1.73. The van der Waals surface area contributed by atoms with Gasteiger partial charge >= 0.3 is 0 Å². The highest BCUT2D eigenvalue weighted by atomic mass is 35.5. The lowest BCUT2D eigenvalue weighted by molar-refractivity contribution is -0.127. The molecule has 6 nitrogen and oxygen atoms in total. The van der Waals surface area contributed by atoms with E-state index >= 15 is 0 Å². The van der Waals surface area contributed by atoms with E-state index in [1.807, 2.05) is 0 Å². The zero-order chi connectivity index (χ0) is 18.9.